The number of fused-ring (bicyclic) bond motifs is 1. The fourth-order valence-corrected chi connectivity index (χ4v) is 6.23. The molecule has 7 nitrogen and oxygen atoms in total. The molecule has 1 aromatic heterocycles. The Morgan fingerprint density at radius 2 is 2.06 bits per heavy atom. The average molecular weight is 433 g/mol. The molecule has 3 aliphatic rings. The molecule has 0 radical (unpaired) electrons. The Kier molecular flexibility index (Phi) is 5.62. The van der Waals surface area contributed by atoms with Crippen molar-refractivity contribution in [2.45, 2.75) is 42.7 Å². The molecule has 3 atom stereocenters. The van der Waals surface area contributed by atoms with E-state index in [1.54, 1.807) is 12.4 Å². The second-order valence-corrected chi connectivity index (χ2v) is 9.77. The number of benzene rings is 1. The fourth-order valence-electron chi connectivity index (χ4n) is 4.70. The third kappa shape index (κ3) is 4.03. The van der Waals surface area contributed by atoms with Crippen molar-refractivity contribution >= 4 is 23.4 Å². The van der Waals surface area contributed by atoms with Crippen LogP contribution in [0.2, 0.25) is 0 Å². The van der Waals surface area contributed by atoms with Gasteiger partial charge in [-0.2, -0.15) is 10.4 Å². The Hall–Kier alpha value is -2.89. The van der Waals surface area contributed by atoms with E-state index in [0.717, 1.165) is 37.1 Å². The molecule has 1 aromatic carbocycles. The molecule has 0 spiro atoms. The van der Waals surface area contributed by atoms with Crippen LogP contribution in [0.3, 0.4) is 0 Å². The Morgan fingerprint density at radius 1 is 1.23 bits per heavy atom. The lowest BCUT2D eigenvalue weighted by Crippen LogP contribution is -2.26. The number of nitrogens with one attached hydrogen (secondary N) is 1. The van der Waals surface area contributed by atoms with E-state index < -0.39 is 11.2 Å². The summed E-state index contributed by atoms with van der Waals surface area (Å²) in [5.41, 5.74) is 1.63. The summed E-state index contributed by atoms with van der Waals surface area (Å²) < 4.78 is 14.9. The number of amidine groups is 1. The monoisotopic (exact) mass is 432 g/mol. The first-order valence-corrected chi connectivity index (χ1v) is 12.0. The minimum absolute atomic E-state index is 0.0199. The summed E-state index contributed by atoms with van der Waals surface area (Å²) in [6.07, 6.45) is 13.8. The molecule has 3 heterocycles. The number of hydrogen-bond donors (Lipinski definition) is 1. The zero-order valence-corrected chi connectivity index (χ0v) is 17.9. The summed E-state index contributed by atoms with van der Waals surface area (Å²) >= 11 is -1.13. The van der Waals surface area contributed by atoms with Gasteiger partial charge in [0, 0.05) is 17.7 Å². The van der Waals surface area contributed by atoms with E-state index in [1.165, 1.54) is 0 Å². The van der Waals surface area contributed by atoms with Crippen LogP contribution in [0.5, 0.6) is 0 Å². The molecule has 158 valence electrons. The molecule has 1 saturated carbocycles. The maximum absolute atomic E-state index is 12.8. The quantitative estimate of drug-likeness (QED) is 0.731. The molecule has 0 saturated heterocycles. The predicted molar refractivity (Wildman–Crippen MR) is 120 cm³/mol. The van der Waals surface area contributed by atoms with Gasteiger partial charge in [-0.05, 0) is 55.2 Å². The normalized spacial score (nSPS) is 27.8. The van der Waals surface area contributed by atoms with Crippen molar-refractivity contribution in [3.05, 3.63) is 60.1 Å². The van der Waals surface area contributed by atoms with Crippen molar-refractivity contribution in [2.24, 2.45) is 21.8 Å². The van der Waals surface area contributed by atoms with Gasteiger partial charge in [-0.1, -0.05) is 18.2 Å². The van der Waals surface area contributed by atoms with E-state index in [4.69, 9.17) is 0 Å². The van der Waals surface area contributed by atoms with Gasteiger partial charge in [-0.25, -0.2) is 4.99 Å². The summed E-state index contributed by atoms with van der Waals surface area (Å²) in [6.45, 7) is 0. The largest absolute Gasteiger partial charge is 0.611 e. The minimum atomic E-state index is -1.13. The summed E-state index contributed by atoms with van der Waals surface area (Å²) in [5, 5.41) is 17.1. The fraction of sp³-hybridized carbons (Fsp3) is 0.391. The van der Waals surface area contributed by atoms with Crippen molar-refractivity contribution in [3.8, 4) is 6.07 Å². The summed E-state index contributed by atoms with van der Waals surface area (Å²) in [6, 6.07) is 9.75. The first-order chi connectivity index (χ1) is 15.2. The third-order valence-electron chi connectivity index (χ3n) is 6.41. The smallest absolute Gasteiger partial charge is 0.170 e. The van der Waals surface area contributed by atoms with Crippen LogP contribution in [0.25, 0.3) is 0 Å². The molecule has 2 aromatic rings. The molecule has 31 heavy (non-hydrogen) atoms. The molecule has 5 rings (SSSR count). The standard InChI is InChI=1S/C23H24N6OS/c24-11-17-3-1-2-4-21(17)31(30)14-16-5-7-19(8-6-16)29-13-18(12-28-29)22-20-9-10-25-23(20)27-15-26-22/h1-4,9-10,12-13,15-16,19-20,22H,5-8,14H2,(H,25,26,27). The Labute approximate surface area is 184 Å². The molecular formula is C23H24N6OS. The molecule has 0 amide bonds. The first-order valence-electron chi connectivity index (χ1n) is 10.7. The van der Waals surface area contributed by atoms with Gasteiger partial charge in [-0.15, -0.1) is 0 Å². The van der Waals surface area contributed by atoms with Gasteiger partial charge in [0.1, 0.15) is 29.6 Å². The summed E-state index contributed by atoms with van der Waals surface area (Å²) in [7, 11) is 0. The second-order valence-electron chi connectivity index (χ2n) is 8.30. The number of nitriles is 1. The zero-order chi connectivity index (χ0) is 21.2. The maximum Gasteiger partial charge on any atom is 0.170 e. The predicted octanol–water partition coefficient (Wildman–Crippen LogP) is 3.51. The molecule has 1 N–H and O–H groups in total. The van der Waals surface area contributed by atoms with Crippen LogP contribution in [0.15, 0.2) is 63.8 Å². The van der Waals surface area contributed by atoms with E-state index >= 15 is 0 Å². The van der Waals surface area contributed by atoms with Crippen molar-refractivity contribution in [3.63, 3.8) is 0 Å². The topological polar surface area (TPSA) is 101 Å². The molecule has 8 heteroatoms. The van der Waals surface area contributed by atoms with Crippen LogP contribution in [0.4, 0.5) is 0 Å². The maximum atomic E-state index is 12.8. The molecule has 3 unspecified atom stereocenters. The van der Waals surface area contributed by atoms with Crippen LogP contribution in [-0.4, -0.2) is 32.3 Å². The highest BCUT2D eigenvalue weighted by atomic mass is 32.2. The van der Waals surface area contributed by atoms with Gasteiger partial charge < -0.3 is 9.87 Å². The van der Waals surface area contributed by atoms with Crippen molar-refractivity contribution in [1.29, 1.82) is 5.26 Å². The lowest BCUT2D eigenvalue weighted by Gasteiger charge is -2.29. The van der Waals surface area contributed by atoms with Crippen molar-refractivity contribution < 1.29 is 4.55 Å². The van der Waals surface area contributed by atoms with Crippen LogP contribution in [0, 0.1) is 23.2 Å². The van der Waals surface area contributed by atoms with E-state index in [9.17, 15) is 9.81 Å². The Balaban J connectivity index is 1.19. The van der Waals surface area contributed by atoms with Gasteiger partial charge in [0.05, 0.1) is 24.2 Å². The highest BCUT2D eigenvalue weighted by Gasteiger charge is 2.32. The summed E-state index contributed by atoms with van der Waals surface area (Å²) in [4.78, 5) is 9.55. The number of aliphatic imine (C=N–C) groups is 2. The van der Waals surface area contributed by atoms with Gasteiger partial charge in [-0.3, -0.25) is 9.67 Å². The van der Waals surface area contributed by atoms with Crippen LogP contribution < -0.4 is 5.32 Å². The number of nitrogens with zero attached hydrogens (tertiary/aromatic N) is 5. The van der Waals surface area contributed by atoms with E-state index in [1.807, 2.05) is 30.6 Å². The highest BCUT2D eigenvalue weighted by molar-refractivity contribution is 7.91. The van der Waals surface area contributed by atoms with Gasteiger partial charge >= 0.3 is 0 Å². The molecule has 1 fully saturated rings. The van der Waals surface area contributed by atoms with Crippen LogP contribution >= 0.6 is 0 Å². The van der Waals surface area contributed by atoms with E-state index in [-0.39, 0.29) is 12.0 Å². The number of aromatic nitrogens is 2. The van der Waals surface area contributed by atoms with Crippen molar-refractivity contribution in [1.82, 2.24) is 15.1 Å². The van der Waals surface area contributed by atoms with E-state index in [0.29, 0.717) is 28.2 Å². The van der Waals surface area contributed by atoms with Gasteiger partial charge in [0.15, 0.2) is 4.90 Å². The average Bonchev–Trinajstić information content (AvgIpc) is 3.49. The first kappa shape index (κ1) is 20.0. The summed E-state index contributed by atoms with van der Waals surface area (Å²) in [5.74, 6) is 2.13. The number of hydrogen-bond acceptors (Lipinski definition) is 6. The minimum Gasteiger partial charge on any atom is -0.611 e. The Morgan fingerprint density at radius 3 is 2.90 bits per heavy atom. The van der Waals surface area contributed by atoms with E-state index in [2.05, 4.69) is 43.4 Å². The molecule has 2 aliphatic heterocycles. The zero-order valence-electron chi connectivity index (χ0n) is 17.1. The lowest BCUT2D eigenvalue weighted by molar-refractivity contribution is 0.274. The molecule has 0 bridgehead atoms. The third-order valence-corrected chi connectivity index (χ3v) is 8.03. The second kappa shape index (κ2) is 8.69. The van der Waals surface area contributed by atoms with Gasteiger partial charge in [0.2, 0.25) is 0 Å². The van der Waals surface area contributed by atoms with Crippen LogP contribution in [0.1, 0.15) is 48.9 Å². The van der Waals surface area contributed by atoms with Gasteiger partial charge in [0.25, 0.3) is 0 Å². The molecule has 1 aliphatic carbocycles. The molecular weight excluding hydrogens is 408 g/mol. The Bertz CT molecular complexity index is 1080. The van der Waals surface area contributed by atoms with Crippen molar-refractivity contribution in [2.75, 3.05) is 5.75 Å². The van der Waals surface area contributed by atoms with Crippen LogP contribution in [-0.2, 0) is 11.2 Å². The SMILES string of the molecule is N#Cc1ccccc1[S+]([O-])CC1CCC(n2cc(C3N=CN=C4NC=CC43)cn2)CC1. The number of rotatable bonds is 5. The lowest BCUT2D eigenvalue weighted by atomic mass is 9.87. The highest BCUT2D eigenvalue weighted by Crippen LogP contribution is 2.36.